The first-order valence-corrected chi connectivity index (χ1v) is 8.28. The molecule has 1 aromatic carbocycles. The lowest BCUT2D eigenvalue weighted by Gasteiger charge is -2.37. The van der Waals surface area contributed by atoms with Crippen LogP contribution in [0.1, 0.15) is 50.5 Å². The Morgan fingerprint density at radius 1 is 0.850 bits per heavy atom. The van der Waals surface area contributed by atoms with Crippen molar-refractivity contribution < 1.29 is 4.39 Å². The van der Waals surface area contributed by atoms with Gasteiger partial charge in [0.25, 0.3) is 0 Å². The van der Waals surface area contributed by atoms with Gasteiger partial charge in [-0.05, 0) is 55.5 Å². The monoisotopic (exact) mass is 275 g/mol. The molecule has 0 amide bonds. The lowest BCUT2D eigenvalue weighted by molar-refractivity contribution is 0.122. The molecule has 0 unspecified atom stereocenters. The Morgan fingerprint density at radius 3 is 2.10 bits per heavy atom. The van der Waals surface area contributed by atoms with Crippen LogP contribution in [0.5, 0.6) is 0 Å². The zero-order valence-electron chi connectivity index (χ0n) is 12.4. The first kappa shape index (κ1) is 14.1. The van der Waals surface area contributed by atoms with E-state index < -0.39 is 0 Å². The normalized spacial score (nSPS) is 23.1. The Kier molecular flexibility index (Phi) is 4.72. The van der Waals surface area contributed by atoms with Crippen molar-refractivity contribution in [3.8, 4) is 0 Å². The molecule has 1 aliphatic heterocycles. The summed E-state index contributed by atoms with van der Waals surface area (Å²) in [7, 11) is 0. The summed E-state index contributed by atoms with van der Waals surface area (Å²) >= 11 is 0. The van der Waals surface area contributed by atoms with Crippen LogP contribution in [-0.4, -0.2) is 18.0 Å². The number of piperidine rings is 1. The lowest BCUT2D eigenvalue weighted by atomic mass is 9.76. The second-order valence-corrected chi connectivity index (χ2v) is 6.64. The van der Waals surface area contributed by atoms with Crippen molar-refractivity contribution in [2.75, 3.05) is 13.1 Å². The van der Waals surface area contributed by atoms with E-state index >= 15 is 0 Å². The fraction of sp³-hybridized carbons (Fsp3) is 0.667. The van der Waals surface area contributed by atoms with Gasteiger partial charge >= 0.3 is 0 Å². The molecule has 0 radical (unpaired) electrons. The van der Waals surface area contributed by atoms with E-state index in [2.05, 4.69) is 4.90 Å². The summed E-state index contributed by atoms with van der Waals surface area (Å²) < 4.78 is 12.9. The van der Waals surface area contributed by atoms with Crippen LogP contribution < -0.4 is 0 Å². The summed E-state index contributed by atoms with van der Waals surface area (Å²) in [5.41, 5.74) is 1.24. The predicted molar refractivity (Wildman–Crippen MR) is 81.0 cm³/mol. The minimum Gasteiger partial charge on any atom is -0.299 e. The topological polar surface area (TPSA) is 3.24 Å². The first-order chi connectivity index (χ1) is 9.81. The molecule has 2 fully saturated rings. The Hall–Kier alpha value is -0.890. The number of benzene rings is 1. The van der Waals surface area contributed by atoms with Crippen molar-refractivity contribution in [3.63, 3.8) is 0 Å². The van der Waals surface area contributed by atoms with Gasteiger partial charge in [-0.25, -0.2) is 4.39 Å². The van der Waals surface area contributed by atoms with E-state index in [4.69, 9.17) is 0 Å². The SMILES string of the molecule is Fc1ccc(CN2CCC(C3CCCCC3)CC2)cc1. The van der Waals surface area contributed by atoms with Crippen molar-refractivity contribution in [3.05, 3.63) is 35.6 Å². The molecule has 0 N–H and O–H groups in total. The highest BCUT2D eigenvalue weighted by atomic mass is 19.1. The third-order valence-electron chi connectivity index (χ3n) is 5.27. The predicted octanol–water partition coefficient (Wildman–Crippen LogP) is 4.62. The van der Waals surface area contributed by atoms with Crippen molar-refractivity contribution in [1.29, 1.82) is 0 Å². The van der Waals surface area contributed by atoms with Gasteiger partial charge in [-0.1, -0.05) is 44.2 Å². The van der Waals surface area contributed by atoms with Crippen LogP contribution in [0.15, 0.2) is 24.3 Å². The van der Waals surface area contributed by atoms with Gasteiger partial charge in [-0.15, -0.1) is 0 Å². The highest BCUT2D eigenvalue weighted by Gasteiger charge is 2.27. The van der Waals surface area contributed by atoms with Crippen LogP contribution in [0.4, 0.5) is 4.39 Å². The number of rotatable bonds is 3. The maximum absolute atomic E-state index is 12.9. The number of halogens is 1. The molecule has 1 aliphatic carbocycles. The molecule has 20 heavy (non-hydrogen) atoms. The quantitative estimate of drug-likeness (QED) is 0.778. The number of nitrogens with zero attached hydrogens (tertiary/aromatic N) is 1. The lowest BCUT2D eigenvalue weighted by Crippen LogP contribution is -2.36. The number of hydrogen-bond donors (Lipinski definition) is 0. The third-order valence-corrected chi connectivity index (χ3v) is 5.27. The maximum Gasteiger partial charge on any atom is 0.123 e. The second kappa shape index (κ2) is 6.71. The van der Waals surface area contributed by atoms with E-state index in [1.807, 2.05) is 12.1 Å². The molecule has 3 rings (SSSR count). The Balaban J connectivity index is 1.47. The Morgan fingerprint density at radius 2 is 1.45 bits per heavy atom. The Bertz CT molecular complexity index is 400. The molecule has 1 aromatic rings. The number of likely N-dealkylation sites (tertiary alicyclic amines) is 1. The van der Waals surface area contributed by atoms with Gasteiger partial charge in [-0.3, -0.25) is 4.90 Å². The highest BCUT2D eigenvalue weighted by Crippen LogP contribution is 2.35. The fourth-order valence-electron chi connectivity index (χ4n) is 4.04. The zero-order chi connectivity index (χ0) is 13.8. The highest BCUT2D eigenvalue weighted by molar-refractivity contribution is 5.15. The molecular weight excluding hydrogens is 249 g/mol. The largest absolute Gasteiger partial charge is 0.299 e. The van der Waals surface area contributed by atoms with Crippen molar-refractivity contribution >= 4 is 0 Å². The molecule has 1 saturated heterocycles. The summed E-state index contributed by atoms with van der Waals surface area (Å²) in [6.07, 6.45) is 10.1. The summed E-state index contributed by atoms with van der Waals surface area (Å²) in [6, 6.07) is 6.99. The first-order valence-electron chi connectivity index (χ1n) is 8.28. The van der Waals surface area contributed by atoms with Crippen LogP contribution in [-0.2, 0) is 6.54 Å². The third kappa shape index (κ3) is 3.60. The van der Waals surface area contributed by atoms with Gasteiger partial charge in [0.2, 0.25) is 0 Å². The van der Waals surface area contributed by atoms with Crippen LogP contribution in [0.3, 0.4) is 0 Å². The minimum atomic E-state index is -0.134. The van der Waals surface area contributed by atoms with Crippen molar-refractivity contribution in [2.45, 2.75) is 51.5 Å². The van der Waals surface area contributed by atoms with Gasteiger partial charge in [0, 0.05) is 6.54 Å². The number of hydrogen-bond acceptors (Lipinski definition) is 1. The maximum atomic E-state index is 12.9. The van der Waals surface area contributed by atoms with Gasteiger partial charge < -0.3 is 0 Å². The average molecular weight is 275 g/mol. The molecule has 2 heteroatoms. The fourth-order valence-corrected chi connectivity index (χ4v) is 4.04. The van der Waals surface area contributed by atoms with E-state index in [0.717, 1.165) is 18.4 Å². The molecule has 0 bridgehead atoms. The summed E-state index contributed by atoms with van der Waals surface area (Å²) in [5.74, 6) is 1.85. The zero-order valence-corrected chi connectivity index (χ0v) is 12.4. The molecule has 0 atom stereocenters. The smallest absolute Gasteiger partial charge is 0.123 e. The van der Waals surface area contributed by atoms with E-state index in [0.29, 0.717) is 0 Å². The molecule has 1 saturated carbocycles. The van der Waals surface area contributed by atoms with Crippen LogP contribution in [0.2, 0.25) is 0 Å². The van der Waals surface area contributed by atoms with Gasteiger partial charge in [0.05, 0.1) is 0 Å². The second-order valence-electron chi connectivity index (χ2n) is 6.64. The molecular formula is C18H26FN. The van der Waals surface area contributed by atoms with Gasteiger partial charge in [0.1, 0.15) is 5.82 Å². The van der Waals surface area contributed by atoms with E-state index in [1.54, 1.807) is 12.1 Å². The van der Waals surface area contributed by atoms with Crippen molar-refractivity contribution in [2.24, 2.45) is 11.8 Å². The van der Waals surface area contributed by atoms with E-state index in [-0.39, 0.29) is 5.82 Å². The summed E-state index contributed by atoms with van der Waals surface area (Å²) in [4.78, 5) is 2.53. The summed E-state index contributed by atoms with van der Waals surface area (Å²) in [6.45, 7) is 3.43. The average Bonchev–Trinajstić information content (AvgIpc) is 2.51. The van der Waals surface area contributed by atoms with Crippen LogP contribution in [0, 0.1) is 17.7 Å². The molecule has 2 aliphatic rings. The van der Waals surface area contributed by atoms with E-state index in [9.17, 15) is 4.39 Å². The van der Waals surface area contributed by atoms with E-state index in [1.165, 1.54) is 63.6 Å². The summed E-state index contributed by atoms with van der Waals surface area (Å²) in [5, 5.41) is 0. The minimum absolute atomic E-state index is 0.134. The van der Waals surface area contributed by atoms with Crippen LogP contribution in [0.25, 0.3) is 0 Å². The molecule has 1 nitrogen and oxygen atoms in total. The molecule has 110 valence electrons. The molecule has 0 spiro atoms. The van der Waals surface area contributed by atoms with Gasteiger partial charge in [0.15, 0.2) is 0 Å². The standard InChI is InChI=1S/C18H26FN/c19-18-8-6-15(7-9-18)14-20-12-10-17(11-13-20)16-4-2-1-3-5-16/h6-9,16-17H,1-5,10-14H2. The molecule has 0 aromatic heterocycles. The van der Waals surface area contributed by atoms with Crippen molar-refractivity contribution in [1.82, 2.24) is 4.90 Å². The molecule has 1 heterocycles. The van der Waals surface area contributed by atoms with Gasteiger partial charge in [-0.2, -0.15) is 0 Å². The van der Waals surface area contributed by atoms with Crippen LogP contribution >= 0.6 is 0 Å². The Labute approximate surface area is 122 Å².